The van der Waals surface area contributed by atoms with Crippen LogP contribution in [0.1, 0.15) is 44.1 Å². The van der Waals surface area contributed by atoms with Gasteiger partial charge in [0.05, 0.1) is 0 Å². The van der Waals surface area contributed by atoms with Crippen molar-refractivity contribution in [3.05, 3.63) is 35.9 Å². The molecule has 1 saturated heterocycles. The van der Waals surface area contributed by atoms with Crippen molar-refractivity contribution in [2.45, 2.75) is 44.9 Å². The van der Waals surface area contributed by atoms with Crippen LogP contribution in [0.4, 0.5) is 0 Å². The van der Waals surface area contributed by atoms with E-state index in [1.807, 2.05) is 0 Å². The smallest absolute Gasteiger partial charge is 0.223 e. The molecule has 24 heavy (non-hydrogen) atoms. The van der Waals surface area contributed by atoms with Gasteiger partial charge in [0.25, 0.3) is 0 Å². The first-order chi connectivity index (χ1) is 11.2. The van der Waals surface area contributed by atoms with Gasteiger partial charge in [0.15, 0.2) is 0 Å². The predicted molar refractivity (Wildman–Crippen MR) is 99.3 cm³/mol. The lowest BCUT2D eigenvalue weighted by atomic mass is 9.65. The number of carbonyl (C=O) groups is 1. The molecule has 0 radical (unpaired) electrons. The van der Waals surface area contributed by atoms with E-state index in [0.717, 1.165) is 32.5 Å². The van der Waals surface area contributed by atoms with Gasteiger partial charge in [0, 0.05) is 12.5 Å². The second-order valence-corrected chi connectivity index (χ2v) is 8.10. The van der Waals surface area contributed by atoms with Gasteiger partial charge in [-0.2, -0.15) is 0 Å². The van der Waals surface area contributed by atoms with E-state index in [1.54, 1.807) is 0 Å². The fourth-order valence-corrected chi connectivity index (χ4v) is 4.72. The minimum atomic E-state index is 0. The first-order valence-corrected chi connectivity index (χ1v) is 9.24. The van der Waals surface area contributed by atoms with Gasteiger partial charge < -0.3 is 10.6 Å². The zero-order chi connectivity index (χ0) is 15.8. The molecule has 3 fully saturated rings. The summed E-state index contributed by atoms with van der Waals surface area (Å²) in [6, 6.07) is 10.7. The van der Waals surface area contributed by atoms with E-state index >= 15 is 0 Å². The molecule has 1 atom stereocenters. The Labute approximate surface area is 151 Å². The molecule has 1 unspecified atom stereocenters. The number of hydrogen-bond donors (Lipinski definition) is 2. The van der Waals surface area contributed by atoms with Crippen LogP contribution in [0.15, 0.2) is 30.3 Å². The summed E-state index contributed by atoms with van der Waals surface area (Å²) in [5, 5.41) is 6.73. The van der Waals surface area contributed by atoms with E-state index in [0.29, 0.717) is 22.7 Å². The lowest BCUT2D eigenvalue weighted by molar-refractivity contribution is -0.124. The summed E-state index contributed by atoms with van der Waals surface area (Å²) in [6.07, 6.45) is 8.39. The summed E-state index contributed by atoms with van der Waals surface area (Å²) in [5.41, 5.74) is 2.07. The highest BCUT2D eigenvalue weighted by atomic mass is 35.5. The highest BCUT2D eigenvalue weighted by Crippen LogP contribution is 2.58. The van der Waals surface area contributed by atoms with Crippen LogP contribution in [-0.4, -0.2) is 25.5 Å². The second-order valence-electron chi connectivity index (χ2n) is 8.10. The van der Waals surface area contributed by atoms with Crippen molar-refractivity contribution < 1.29 is 4.79 Å². The molecule has 0 aromatic heterocycles. The third-order valence-electron chi connectivity index (χ3n) is 6.58. The molecule has 1 aromatic rings. The minimum absolute atomic E-state index is 0. The molecule has 3 aliphatic rings. The van der Waals surface area contributed by atoms with Gasteiger partial charge >= 0.3 is 0 Å². The number of piperidine rings is 1. The highest BCUT2D eigenvalue weighted by Gasteiger charge is 2.57. The number of carbonyl (C=O) groups excluding carboxylic acids is 1. The Morgan fingerprint density at radius 1 is 1.12 bits per heavy atom. The van der Waals surface area contributed by atoms with Crippen LogP contribution in [0.3, 0.4) is 0 Å². The first-order valence-electron chi connectivity index (χ1n) is 9.24. The molecular weight excluding hydrogens is 320 g/mol. The van der Waals surface area contributed by atoms with Crippen molar-refractivity contribution in [3.8, 4) is 0 Å². The Morgan fingerprint density at radius 2 is 1.83 bits per heavy atom. The van der Waals surface area contributed by atoms with Gasteiger partial charge in [0.2, 0.25) is 5.91 Å². The number of halogens is 1. The molecule has 1 aromatic carbocycles. The lowest BCUT2D eigenvalue weighted by Gasteiger charge is -2.42. The van der Waals surface area contributed by atoms with E-state index in [9.17, 15) is 4.79 Å². The van der Waals surface area contributed by atoms with Crippen LogP contribution >= 0.6 is 12.4 Å². The van der Waals surface area contributed by atoms with Crippen molar-refractivity contribution in [1.82, 2.24) is 10.6 Å². The second kappa shape index (κ2) is 7.05. The maximum atomic E-state index is 12.6. The molecule has 132 valence electrons. The summed E-state index contributed by atoms with van der Waals surface area (Å²) in [6.45, 7) is 3.04. The number of nitrogens with one attached hydrogen (secondary N) is 2. The molecule has 4 heteroatoms. The fourth-order valence-electron chi connectivity index (χ4n) is 4.72. The van der Waals surface area contributed by atoms with Crippen molar-refractivity contribution in [1.29, 1.82) is 0 Å². The van der Waals surface area contributed by atoms with Crippen LogP contribution in [0.25, 0.3) is 0 Å². The van der Waals surface area contributed by atoms with Gasteiger partial charge in [-0.25, -0.2) is 0 Å². The Morgan fingerprint density at radius 3 is 2.46 bits per heavy atom. The average Bonchev–Trinajstić information content (AvgIpc) is 3.24. The molecule has 1 spiro atoms. The van der Waals surface area contributed by atoms with E-state index < -0.39 is 0 Å². The van der Waals surface area contributed by atoms with Gasteiger partial charge in [-0.15, -0.1) is 12.4 Å². The standard InChI is InChI=1S/C20H28N2O.ClH/c23-18(17-14-20(17)9-11-21-12-10-20)22-15-19(7-4-8-19)13-16-5-2-1-3-6-16;/h1-3,5-6,17,21H,4,7-15H2,(H,22,23);1H. The topological polar surface area (TPSA) is 41.1 Å². The Balaban J connectivity index is 0.00000169. The molecule has 3 nitrogen and oxygen atoms in total. The Hall–Kier alpha value is -1.06. The van der Waals surface area contributed by atoms with Crippen LogP contribution in [0.2, 0.25) is 0 Å². The Bertz CT molecular complexity index is 564. The van der Waals surface area contributed by atoms with Crippen molar-refractivity contribution in [3.63, 3.8) is 0 Å². The normalized spacial score (nSPS) is 26.1. The summed E-state index contributed by atoms with van der Waals surface area (Å²) in [7, 11) is 0. The zero-order valence-electron chi connectivity index (χ0n) is 14.4. The monoisotopic (exact) mass is 348 g/mol. The highest BCUT2D eigenvalue weighted by molar-refractivity contribution is 5.85. The van der Waals surface area contributed by atoms with Crippen molar-refractivity contribution in [2.24, 2.45) is 16.7 Å². The molecule has 1 aliphatic heterocycles. The van der Waals surface area contributed by atoms with Crippen LogP contribution in [0, 0.1) is 16.7 Å². The predicted octanol–water partition coefficient (Wildman–Crippen LogP) is 3.33. The summed E-state index contributed by atoms with van der Waals surface area (Å²) < 4.78 is 0. The number of rotatable bonds is 5. The number of benzene rings is 1. The van der Waals surface area contributed by atoms with Gasteiger partial charge in [-0.05, 0) is 68.0 Å². The Kier molecular flexibility index (Phi) is 5.22. The largest absolute Gasteiger partial charge is 0.355 e. The number of hydrogen-bond acceptors (Lipinski definition) is 2. The van der Waals surface area contributed by atoms with Gasteiger partial charge in [0.1, 0.15) is 0 Å². The molecule has 2 N–H and O–H groups in total. The maximum Gasteiger partial charge on any atom is 0.223 e. The van der Waals surface area contributed by atoms with E-state index in [4.69, 9.17) is 0 Å². The molecular formula is C20H29ClN2O. The zero-order valence-corrected chi connectivity index (χ0v) is 15.2. The maximum absolute atomic E-state index is 12.6. The fraction of sp³-hybridized carbons (Fsp3) is 0.650. The van der Waals surface area contributed by atoms with Crippen LogP contribution in [0.5, 0.6) is 0 Å². The van der Waals surface area contributed by atoms with Crippen molar-refractivity contribution >= 4 is 18.3 Å². The van der Waals surface area contributed by atoms with Crippen LogP contribution < -0.4 is 10.6 Å². The first kappa shape index (κ1) is 17.8. The quantitative estimate of drug-likeness (QED) is 0.857. The molecule has 0 bridgehead atoms. The SMILES string of the molecule is Cl.O=C(NCC1(Cc2ccccc2)CCC1)C1CC12CCNCC2. The third-order valence-corrected chi connectivity index (χ3v) is 6.58. The lowest BCUT2D eigenvalue weighted by Crippen LogP contribution is -2.44. The number of amides is 1. The van der Waals surface area contributed by atoms with E-state index in [1.165, 1.54) is 37.7 Å². The van der Waals surface area contributed by atoms with Crippen molar-refractivity contribution in [2.75, 3.05) is 19.6 Å². The average molecular weight is 349 g/mol. The van der Waals surface area contributed by atoms with Gasteiger partial charge in [-0.3, -0.25) is 4.79 Å². The molecule has 1 amide bonds. The molecule has 1 heterocycles. The molecule has 2 aliphatic carbocycles. The summed E-state index contributed by atoms with van der Waals surface area (Å²) in [5.74, 6) is 0.615. The van der Waals surface area contributed by atoms with E-state index in [2.05, 4.69) is 41.0 Å². The molecule has 4 rings (SSSR count). The minimum Gasteiger partial charge on any atom is -0.355 e. The summed E-state index contributed by atoms with van der Waals surface area (Å²) >= 11 is 0. The molecule has 2 saturated carbocycles. The third kappa shape index (κ3) is 3.48. The van der Waals surface area contributed by atoms with Gasteiger partial charge in [-0.1, -0.05) is 36.8 Å². The van der Waals surface area contributed by atoms with Crippen LogP contribution in [-0.2, 0) is 11.2 Å². The van der Waals surface area contributed by atoms with E-state index in [-0.39, 0.29) is 12.4 Å². The summed E-state index contributed by atoms with van der Waals surface area (Å²) in [4.78, 5) is 12.6.